The number of aromatic nitrogens is 4. The quantitative estimate of drug-likeness (QED) is 0.701. The van der Waals surface area contributed by atoms with Gasteiger partial charge in [-0.3, -0.25) is 9.48 Å². The van der Waals surface area contributed by atoms with Gasteiger partial charge >= 0.3 is 0 Å². The highest BCUT2D eigenvalue weighted by atomic mass is 16.5. The minimum absolute atomic E-state index is 0.0864. The average molecular weight is 378 g/mol. The number of nitriles is 1. The average Bonchev–Trinajstić information content (AvgIpc) is 3.06. The standard InChI is InChI=1S/C19H18N6O3/c1-12(2)27-15-6-13(19(26)23-17-4-5-25(3)24-17)7-16(8-15)28-18-11-21-14(9-20)10-22-18/h4-8,10-12H,1-3H3,(H,23,24,26). The van der Waals surface area contributed by atoms with Gasteiger partial charge in [0, 0.05) is 30.9 Å². The van der Waals surface area contributed by atoms with Crippen molar-refractivity contribution >= 4 is 11.7 Å². The number of carbonyl (C=O) groups excluding carboxylic acids is 1. The van der Waals surface area contributed by atoms with Crippen molar-refractivity contribution < 1.29 is 14.3 Å². The highest BCUT2D eigenvalue weighted by Gasteiger charge is 2.13. The number of ether oxygens (including phenoxy) is 2. The van der Waals surface area contributed by atoms with Crippen LogP contribution in [0.4, 0.5) is 5.82 Å². The molecule has 1 aromatic carbocycles. The number of nitrogens with one attached hydrogen (secondary N) is 1. The fourth-order valence-corrected chi connectivity index (χ4v) is 2.32. The van der Waals surface area contributed by atoms with E-state index in [2.05, 4.69) is 20.4 Å². The van der Waals surface area contributed by atoms with Gasteiger partial charge in [0.25, 0.3) is 5.91 Å². The summed E-state index contributed by atoms with van der Waals surface area (Å²) in [5, 5.41) is 15.6. The molecule has 3 aromatic rings. The normalized spacial score (nSPS) is 10.4. The van der Waals surface area contributed by atoms with Crippen LogP contribution in [0.3, 0.4) is 0 Å². The van der Waals surface area contributed by atoms with Crippen molar-refractivity contribution in [3.63, 3.8) is 0 Å². The molecule has 0 unspecified atom stereocenters. The lowest BCUT2D eigenvalue weighted by atomic mass is 10.2. The molecular formula is C19H18N6O3. The molecular weight excluding hydrogens is 360 g/mol. The van der Waals surface area contributed by atoms with Gasteiger partial charge in [-0.1, -0.05) is 0 Å². The first-order valence-corrected chi connectivity index (χ1v) is 8.45. The predicted octanol–water partition coefficient (Wildman–Crippen LogP) is 2.91. The van der Waals surface area contributed by atoms with Crippen LogP contribution in [0.5, 0.6) is 17.4 Å². The molecule has 1 N–H and O–H groups in total. The van der Waals surface area contributed by atoms with Crippen molar-refractivity contribution in [3.05, 3.63) is 54.1 Å². The van der Waals surface area contributed by atoms with Crippen molar-refractivity contribution in [2.75, 3.05) is 5.32 Å². The number of hydrogen-bond acceptors (Lipinski definition) is 7. The summed E-state index contributed by atoms with van der Waals surface area (Å²) >= 11 is 0. The smallest absolute Gasteiger partial charge is 0.257 e. The predicted molar refractivity (Wildman–Crippen MR) is 100 cm³/mol. The molecule has 2 aromatic heterocycles. The van der Waals surface area contributed by atoms with E-state index in [0.717, 1.165) is 0 Å². The maximum absolute atomic E-state index is 12.6. The van der Waals surface area contributed by atoms with Crippen LogP contribution in [0.2, 0.25) is 0 Å². The van der Waals surface area contributed by atoms with Crippen molar-refractivity contribution in [1.82, 2.24) is 19.7 Å². The summed E-state index contributed by atoms with van der Waals surface area (Å²) < 4.78 is 13.0. The third-order valence-electron chi connectivity index (χ3n) is 3.43. The monoisotopic (exact) mass is 378 g/mol. The van der Waals surface area contributed by atoms with Crippen molar-refractivity contribution in [2.24, 2.45) is 7.05 Å². The Kier molecular flexibility index (Phi) is 5.50. The molecule has 0 aliphatic carbocycles. The SMILES string of the molecule is CC(C)Oc1cc(Oc2cnc(C#N)cn2)cc(C(=O)Nc2ccn(C)n2)c1. The zero-order chi connectivity index (χ0) is 20.1. The minimum atomic E-state index is -0.358. The highest BCUT2D eigenvalue weighted by Crippen LogP contribution is 2.27. The first-order chi connectivity index (χ1) is 13.4. The summed E-state index contributed by atoms with van der Waals surface area (Å²) in [5.74, 6) is 1.09. The van der Waals surface area contributed by atoms with E-state index in [4.69, 9.17) is 14.7 Å². The lowest BCUT2D eigenvalue weighted by Crippen LogP contribution is -2.13. The van der Waals surface area contributed by atoms with Crippen molar-refractivity contribution in [2.45, 2.75) is 20.0 Å². The topological polar surface area (TPSA) is 115 Å². The number of anilines is 1. The Morgan fingerprint density at radius 1 is 1.21 bits per heavy atom. The van der Waals surface area contributed by atoms with Crippen molar-refractivity contribution in [1.29, 1.82) is 5.26 Å². The number of carbonyl (C=O) groups is 1. The van der Waals surface area contributed by atoms with E-state index in [0.29, 0.717) is 22.9 Å². The molecule has 0 spiro atoms. The Morgan fingerprint density at radius 3 is 2.61 bits per heavy atom. The Balaban J connectivity index is 1.87. The van der Waals surface area contributed by atoms with E-state index in [1.807, 2.05) is 19.9 Å². The van der Waals surface area contributed by atoms with Crippen LogP contribution in [0.1, 0.15) is 29.9 Å². The number of amides is 1. The molecule has 0 aliphatic heterocycles. The van der Waals surface area contributed by atoms with Gasteiger partial charge in [-0.2, -0.15) is 10.4 Å². The molecule has 0 bridgehead atoms. The third-order valence-corrected chi connectivity index (χ3v) is 3.43. The van der Waals surface area contributed by atoms with Crippen LogP contribution in [-0.2, 0) is 7.05 Å². The molecule has 142 valence electrons. The molecule has 0 saturated heterocycles. The maximum Gasteiger partial charge on any atom is 0.257 e. The lowest BCUT2D eigenvalue weighted by molar-refractivity contribution is 0.102. The Labute approximate surface area is 161 Å². The number of hydrogen-bond donors (Lipinski definition) is 1. The van der Waals surface area contributed by atoms with E-state index in [-0.39, 0.29) is 23.6 Å². The minimum Gasteiger partial charge on any atom is -0.491 e. The molecule has 2 heterocycles. The van der Waals surface area contributed by atoms with E-state index in [9.17, 15) is 4.79 Å². The molecule has 3 rings (SSSR count). The Morgan fingerprint density at radius 2 is 2.00 bits per heavy atom. The number of benzene rings is 1. The van der Waals surface area contributed by atoms with E-state index < -0.39 is 0 Å². The number of aryl methyl sites for hydroxylation is 1. The molecule has 9 nitrogen and oxygen atoms in total. The van der Waals surface area contributed by atoms with Gasteiger partial charge in [0.15, 0.2) is 11.5 Å². The molecule has 1 amide bonds. The summed E-state index contributed by atoms with van der Waals surface area (Å²) in [6.07, 6.45) is 4.28. The molecule has 9 heteroatoms. The molecule has 0 aliphatic rings. The van der Waals surface area contributed by atoms with Gasteiger partial charge in [-0.25, -0.2) is 9.97 Å². The van der Waals surface area contributed by atoms with Gasteiger partial charge < -0.3 is 14.8 Å². The molecule has 0 radical (unpaired) electrons. The summed E-state index contributed by atoms with van der Waals surface area (Å²) in [4.78, 5) is 20.5. The Hall–Kier alpha value is -3.93. The molecule has 0 saturated carbocycles. The fraction of sp³-hybridized carbons (Fsp3) is 0.211. The fourth-order valence-electron chi connectivity index (χ4n) is 2.32. The highest BCUT2D eigenvalue weighted by molar-refractivity contribution is 6.04. The van der Waals surface area contributed by atoms with Crippen LogP contribution in [0, 0.1) is 11.3 Å². The van der Waals surface area contributed by atoms with Crippen LogP contribution in [-0.4, -0.2) is 31.8 Å². The maximum atomic E-state index is 12.6. The first kappa shape index (κ1) is 18.8. The van der Waals surface area contributed by atoms with Crippen molar-refractivity contribution in [3.8, 4) is 23.4 Å². The Bertz CT molecular complexity index is 1020. The molecule has 28 heavy (non-hydrogen) atoms. The lowest BCUT2D eigenvalue weighted by Gasteiger charge is -2.13. The van der Waals surface area contributed by atoms with E-state index >= 15 is 0 Å². The summed E-state index contributed by atoms with van der Waals surface area (Å²) in [6, 6.07) is 8.41. The van der Waals surface area contributed by atoms with E-state index in [1.165, 1.54) is 12.4 Å². The second kappa shape index (κ2) is 8.18. The summed E-state index contributed by atoms with van der Waals surface area (Å²) in [6.45, 7) is 3.76. The van der Waals surface area contributed by atoms with Crippen LogP contribution in [0.25, 0.3) is 0 Å². The zero-order valence-corrected chi connectivity index (χ0v) is 15.6. The van der Waals surface area contributed by atoms with Crippen LogP contribution in [0.15, 0.2) is 42.9 Å². The van der Waals surface area contributed by atoms with Crippen LogP contribution < -0.4 is 14.8 Å². The zero-order valence-electron chi connectivity index (χ0n) is 15.6. The van der Waals surface area contributed by atoms with Crippen LogP contribution >= 0.6 is 0 Å². The second-order valence-electron chi connectivity index (χ2n) is 6.14. The van der Waals surface area contributed by atoms with Gasteiger partial charge in [0.1, 0.15) is 17.6 Å². The van der Waals surface area contributed by atoms with Gasteiger partial charge in [0.2, 0.25) is 5.88 Å². The van der Waals surface area contributed by atoms with Gasteiger partial charge in [-0.05, 0) is 26.0 Å². The molecule has 0 fully saturated rings. The van der Waals surface area contributed by atoms with E-state index in [1.54, 1.807) is 42.2 Å². The third kappa shape index (κ3) is 4.82. The summed E-state index contributed by atoms with van der Waals surface area (Å²) in [5.41, 5.74) is 0.514. The van der Waals surface area contributed by atoms with Gasteiger partial charge in [-0.15, -0.1) is 0 Å². The first-order valence-electron chi connectivity index (χ1n) is 8.45. The van der Waals surface area contributed by atoms with Gasteiger partial charge in [0.05, 0.1) is 18.5 Å². The largest absolute Gasteiger partial charge is 0.491 e. The summed E-state index contributed by atoms with van der Waals surface area (Å²) in [7, 11) is 1.76. The molecule has 0 atom stereocenters. The number of nitrogens with zero attached hydrogens (tertiary/aromatic N) is 5. The number of rotatable bonds is 6. The second-order valence-corrected chi connectivity index (χ2v) is 6.14.